The fraction of sp³-hybridized carbons (Fsp3) is 0.231. The number of carbonyl (C=O) groups excluding carboxylic acids is 1. The molecule has 0 aliphatic carbocycles. The highest BCUT2D eigenvalue weighted by Gasteiger charge is 2.02. The van der Waals surface area contributed by atoms with Gasteiger partial charge in [-0.1, -0.05) is 28.1 Å². The quantitative estimate of drug-likeness (QED) is 0.921. The van der Waals surface area contributed by atoms with Crippen LogP contribution in [0.1, 0.15) is 12.0 Å². The average Bonchev–Trinajstić information content (AvgIpc) is 2.87. The molecule has 0 fully saturated rings. The zero-order chi connectivity index (χ0) is 12.8. The number of amides is 1. The molecule has 18 heavy (non-hydrogen) atoms. The van der Waals surface area contributed by atoms with E-state index < -0.39 is 0 Å². The van der Waals surface area contributed by atoms with E-state index in [2.05, 4.69) is 26.3 Å². The Balaban J connectivity index is 1.75. The van der Waals surface area contributed by atoms with Gasteiger partial charge in [-0.15, -0.1) is 0 Å². The van der Waals surface area contributed by atoms with Crippen LogP contribution >= 0.6 is 15.9 Å². The van der Waals surface area contributed by atoms with E-state index >= 15 is 0 Å². The summed E-state index contributed by atoms with van der Waals surface area (Å²) in [6, 6.07) is 9.74. The first-order valence-electron chi connectivity index (χ1n) is 5.72. The molecule has 0 aliphatic heterocycles. The number of hydrogen-bond donors (Lipinski definition) is 1. The molecule has 0 bridgehead atoms. The number of rotatable bonds is 5. The highest BCUT2D eigenvalue weighted by atomic mass is 79.9. The minimum Gasteiger partial charge on any atom is -0.352 e. The minimum absolute atomic E-state index is 0.0328. The predicted octanol–water partition coefficient (Wildman–Crippen LogP) is 2.35. The molecule has 0 atom stereocenters. The van der Waals surface area contributed by atoms with Gasteiger partial charge in [-0.3, -0.25) is 9.48 Å². The SMILES string of the molecule is O=C(CCn1cccn1)NCc1cccc(Br)c1. The lowest BCUT2D eigenvalue weighted by Gasteiger charge is -2.06. The number of nitrogens with one attached hydrogen (secondary N) is 1. The Morgan fingerprint density at radius 1 is 1.39 bits per heavy atom. The molecule has 2 rings (SSSR count). The van der Waals surface area contributed by atoms with Crippen LogP contribution in [0.5, 0.6) is 0 Å². The molecular weight excluding hydrogens is 294 g/mol. The Kier molecular flexibility index (Phi) is 4.52. The highest BCUT2D eigenvalue weighted by Crippen LogP contribution is 2.11. The summed E-state index contributed by atoms with van der Waals surface area (Å²) in [7, 11) is 0. The van der Waals surface area contributed by atoms with E-state index in [-0.39, 0.29) is 5.91 Å². The van der Waals surface area contributed by atoms with Crippen molar-refractivity contribution in [1.82, 2.24) is 15.1 Å². The highest BCUT2D eigenvalue weighted by molar-refractivity contribution is 9.10. The first-order chi connectivity index (χ1) is 8.74. The third kappa shape index (κ3) is 4.00. The van der Waals surface area contributed by atoms with Gasteiger partial charge in [0.25, 0.3) is 0 Å². The van der Waals surface area contributed by atoms with Crippen molar-refractivity contribution in [2.45, 2.75) is 19.5 Å². The summed E-state index contributed by atoms with van der Waals surface area (Å²) in [5.74, 6) is 0.0328. The number of aryl methyl sites for hydroxylation is 1. The Morgan fingerprint density at radius 2 is 2.28 bits per heavy atom. The summed E-state index contributed by atoms with van der Waals surface area (Å²) in [5.41, 5.74) is 1.08. The zero-order valence-corrected chi connectivity index (χ0v) is 11.4. The number of aromatic nitrogens is 2. The monoisotopic (exact) mass is 307 g/mol. The van der Waals surface area contributed by atoms with Gasteiger partial charge in [-0.2, -0.15) is 5.10 Å². The second kappa shape index (κ2) is 6.35. The summed E-state index contributed by atoms with van der Waals surface area (Å²) in [6.45, 7) is 1.16. The van der Waals surface area contributed by atoms with Crippen LogP contribution in [-0.4, -0.2) is 15.7 Å². The number of nitrogens with zero attached hydrogens (tertiary/aromatic N) is 2. The van der Waals surface area contributed by atoms with Crippen LogP contribution in [0.25, 0.3) is 0 Å². The lowest BCUT2D eigenvalue weighted by Crippen LogP contribution is -2.24. The molecule has 1 aromatic heterocycles. The van der Waals surface area contributed by atoms with Gasteiger partial charge in [0.2, 0.25) is 5.91 Å². The van der Waals surface area contributed by atoms with Gasteiger partial charge in [0.05, 0.1) is 0 Å². The molecule has 0 saturated carbocycles. The predicted molar refractivity (Wildman–Crippen MR) is 72.8 cm³/mol. The fourth-order valence-electron chi connectivity index (χ4n) is 1.58. The van der Waals surface area contributed by atoms with Crippen LogP contribution < -0.4 is 5.32 Å². The molecule has 2 aromatic rings. The second-order valence-electron chi connectivity index (χ2n) is 3.93. The lowest BCUT2D eigenvalue weighted by atomic mass is 10.2. The first kappa shape index (κ1) is 12.8. The van der Waals surface area contributed by atoms with Gasteiger partial charge >= 0.3 is 0 Å². The van der Waals surface area contributed by atoms with Crippen molar-refractivity contribution >= 4 is 21.8 Å². The number of hydrogen-bond acceptors (Lipinski definition) is 2. The molecule has 4 nitrogen and oxygen atoms in total. The smallest absolute Gasteiger partial charge is 0.222 e. The molecule has 5 heteroatoms. The maximum absolute atomic E-state index is 11.6. The largest absolute Gasteiger partial charge is 0.352 e. The molecule has 0 unspecified atom stereocenters. The Bertz CT molecular complexity index is 511. The Labute approximate surface area is 114 Å². The molecule has 0 saturated heterocycles. The summed E-state index contributed by atoms with van der Waals surface area (Å²) in [4.78, 5) is 11.6. The first-order valence-corrected chi connectivity index (χ1v) is 6.52. The van der Waals surface area contributed by atoms with Crippen molar-refractivity contribution in [1.29, 1.82) is 0 Å². The van der Waals surface area contributed by atoms with Crippen molar-refractivity contribution in [2.75, 3.05) is 0 Å². The third-order valence-corrected chi connectivity index (χ3v) is 3.00. The van der Waals surface area contributed by atoms with Gasteiger partial charge in [0, 0.05) is 36.4 Å². The van der Waals surface area contributed by atoms with Gasteiger partial charge in [0.15, 0.2) is 0 Å². The molecule has 0 aliphatic rings. The summed E-state index contributed by atoms with van der Waals surface area (Å²) < 4.78 is 2.77. The second-order valence-corrected chi connectivity index (χ2v) is 4.84. The van der Waals surface area contributed by atoms with E-state index in [9.17, 15) is 4.79 Å². The average molecular weight is 308 g/mol. The van der Waals surface area contributed by atoms with E-state index in [1.54, 1.807) is 10.9 Å². The third-order valence-electron chi connectivity index (χ3n) is 2.51. The standard InChI is InChI=1S/C13H14BrN3O/c14-12-4-1-3-11(9-12)10-15-13(18)5-8-17-7-2-6-16-17/h1-4,6-7,9H,5,8,10H2,(H,15,18). The van der Waals surface area contributed by atoms with Crippen LogP contribution in [0.2, 0.25) is 0 Å². The fourth-order valence-corrected chi connectivity index (χ4v) is 2.03. The van der Waals surface area contributed by atoms with Crippen molar-refractivity contribution in [3.8, 4) is 0 Å². The molecule has 1 N–H and O–H groups in total. The van der Waals surface area contributed by atoms with E-state index in [0.29, 0.717) is 19.5 Å². The van der Waals surface area contributed by atoms with Crippen LogP contribution in [0.3, 0.4) is 0 Å². The number of halogens is 1. The van der Waals surface area contributed by atoms with Gasteiger partial charge in [0.1, 0.15) is 0 Å². The molecule has 1 amide bonds. The maximum Gasteiger partial charge on any atom is 0.222 e. The van der Waals surface area contributed by atoms with Gasteiger partial charge in [-0.25, -0.2) is 0 Å². The molecule has 94 valence electrons. The van der Waals surface area contributed by atoms with Gasteiger partial charge < -0.3 is 5.32 Å². The molecule has 1 aromatic carbocycles. The van der Waals surface area contributed by atoms with Crippen molar-refractivity contribution in [3.63, 3.8) is 0 Å². The van der Waals surface area contributed by atoms with Crippen LogP contribution in [0.4, 0.5) is 0 Å². The van der Waals surface area contributed by atoms with E-state index in [1.165, 1.54) is 0 Å². The van der Waals surface area contributed by atoms with Crippen molar-refractivity contribution in [2.24, 2.45) is 0 Å². The molecule has 0 spiro atoms. The summed E-state index contributed by atoms with van der Waals surface area (Å²) in [5, 5.41) is 6.94. The summed E-state index contributed by atoms with van der Waals surface area (Å²) in [6.07, 6.45) is 4.00. The molecule has 0 radical (unpaired) electrons. The van der Waals surface area contributed by atoms with E-state index in [4.69, 9.17) is 0 Å². The zero-order valence-electron chi connectivity index (χ0n) is 9.84. The Hall–Kier alpha value is -1.62. The molecule has 1 heterocycles. The van der Waals surface area contributed by atoms with E-state index in [0.717, 1.165) is 10.0 Å². The van der Waals surface area contributed by atoms with Crippen LogP contribution in [0.15, 0.2) is 47.2 Å². The number of carbonyl (C=O) groups is 1. The van der Waals surface area contributed by atoms with Crippen molar-refractivity contribution < 1.29 is 4.79 Å². The summed E-state index contributed by atoms with van der Waals surface area (Å²) >= 11 is 3.40. The van der Waals surface area contributed by atoms with E-state index in [1.807, 2.05) is 36.5 Å². The Morgan fingerprint density at radius 3 is 3.00 bits per heavy atom. The number of benzene rings is 1. The maximum atomic E-state index is 11.6. The normalized spacial score (nSPS) is 10.3. The lowest BCUT2D eigenvalue weighted by molar-refractivity contribution is -0.121. The van der Waals surface area contributed by atoms with Gasteiger partial charge in [-0.05, 0) is 23.8 Å². The minimum atomic E-state index is 0.0328. The van der Waals surface area contributed by atoms with Crippen LogP contribution in [0, 0.1) is 0 Å². The van der Waals surface area contributed by atoms with Crippen LogP contribution in [-0.2, 0) is 17.9 Å². The van der Waals surface area contributed by atoms with Crippen molar-refractivity contribution in [3.05, 3.63) is 52.8 Å². The topological polar surface area (TPSA) is 46.9 Å². The molecular formula is C13H14BrN3O.